The van der Waals surface area contributed by atoms with Gasteiger partial charge in [0.1, 0.15) is 5.75 Å². The molecule has 108 valence electrons. The molecule has 0 spiro atoms. The normalized spacial score (nSPS) is 17.1. The second-order valence-electron chi connectivity index (χ2n) is 5.64. The molecule has 0 aromatic heterocycles. The molecule has 0 saturated carbocycles. The van der Waals surface area contributed by atoms with E-state index < -0.39 is 0 Å². The van der Waals surface area contributed by atoms with Crippen LogP contribution in [-0.4, -0.2) is 11.0 Å². The zero-order valence-corrected chi connectivity index (χ0v) is 12.1. The summed E-state index contributed by atoms with van der Waals surface area (Å²) in [4.78, 5) is 12.4. The lowest BCUT2D eigenvalue weighted by Gasteiger charge is -2.26. The Morgan fingerprint density at radius 2 is 2.05 bits per heavy atom. The average Bonchev–Trinajstić information content (AvgIpc) is 2.50. The first-order valence-electron chi connectivity index (χ1n) is 7.33. The fourth-order valence-electron chi connectivity index (χ4n) is 2.97. The van der Waals surface area contributed by atoms with Crippen LogP contribution in [0, 0.1) is 6.92 Å². The van der Waals surface area contributed by atoms with Crippen LogP contribution in [0.3, 0.4) is 0 Å². The summed E-state index contributed by atoms with van der Waals surface area (Å²) in [5.41, 5.74) is 3.81. The standard InChI is InChI=1S/C18H19NO2/c1-12-9-10-17(20)15(11-12)18(21)19-16-8-4-6-13-5-2-3-7-14(13)16/h2-3,5,7,9-11,16,20H,4,6,8H2,1H3,(H,19,21). The first-order valence-corrected chi connectivity index (χ1v) is 7.33. The second kappa shape index (κ2) is 5.60. The molecule has 0 fully saturated rings. The maximum Gasteiger partial charge on any atom is 0.255 e. The Hall–Kier alpha value is -2.29. The molecule has 1 aliphatic rings. The van der Waals surface area contributed by atoms with E-state index in [1.165, 1.54) is 11.1 Å². The van der Waals surface area contributed by atoms with E-state index in [1.54, 1.807) is 18.2 Å². The Morgan fingerprint density at radius 1 is 1.24 bits per heavy atom. The van der Waals surface area contributed by atoms with Crippen LogP contribution in [0.15, 0.2) is 42.5 Å². The number of amides is 1. The van der Waals surface area contributed by atoms with Gasteiger partial charge in [-0.25, -0.2) is 0 Å². The molecule has 2 aromatic carbocycles. The predicted molar refractivity (Wildman–Crippen MR) is 82.4 cm³/mol. The average molecular weight is 281 g/mol. The van der Waals surface area contributed by atoms with E-state index in [2.05, 4.69) is 17.4 Å². The van der Waals surface area contributed by atoms with E-state index in [9.17, 15) is 9.90 Å². The molecule has 1 atom stereocenters. The molecule has 2 N–H and O–H groups in total. The van der Waals surface area contributed by atoms with Crippen molar-refractivity contribution in [1.29, 1.82) is 0 Å². The number of aromatic hydroxyl groups is 1. The van der Waals surface area contributed by atoms with Crippen molar-refractivity contribution in [2.24, 2.45) is 0 Å². The lowest BCUT2D eigenvalue weighted by molar-refractivity contribution is 0.0930. The number of phenols is 1. The first kappa shape index (κ1) is 13.7. The lowest BCUT2D eigenvalue weighted by Crippen LogP contribution is -2.31. The molecule has 0 saturated heterocycles. The lowest BCUT2D eigenvalue weighted by atomic mass is 9.87. The Bertz CT molecular complexity index is 679. The highest BCUT2D eigenvalue weighted by atomic mass is 16.3. The van der Waals surface area contributed by atoms with Crippen molar-refractivity contribution in [3.8, 4) is 5.75 Å². The minimum atomic E-state index is -0.210. The smallest absolute Gasteiger partial charge is 0.255 e. The summed E-state index contributed by atoms with van der Waals surface area (Å²) in [5.74, 6) is -0.180. The van der Waals surface area contributed by atoms with E-state index in [1.807, 2.05) is 19.1 Å². The molecule has 0 aliphatic heterocycles. The van der Waals surface area contributed by atoms with Crippen molar-refractivity contribution in [2.45, 2.75) is 32.2 Å². The maximum atomic E-state index is 12.4. The van der Waals surface area contributed by atoms with Crippen LogP contribution in [0.2, 0.25) is 0 Å². The number of carbonyl (C=O) groups is 1. The summed E-state index contributed by atoms with van der Waals surface area (Å²) in [6.45, 7) is 1.91. The molecule has 1 amide bonds. The molecule has 3 nitrogen and oxygen atoms in total. The molecule has 1 unspecified atom stereocenters. The monoisotopic (exact) mass is 281 g/mol. The fraction of sp³-hybridized carbons (Fsp3) is 0.278. The third-order valence-electron chi connectivity index (χ3n) is 4.07. The van der Waals surface area contributed by atoms with Gasteiger partial charge in [-0.05, 0) is 49.4 Å². The fourth-order valence-corrected chi connectivity index (χ4v) is 2.97. The Kier molecular flexibility index (Phi) is 3.65. The number of aryl methyl sites for hydroxylation is 2. The zero-order valence-electron chi connectivity index (χ0n) is 12.1. The molecule has 3 heteroatoms. The Morgan fingerprint density at radius 3 is 2.90 bits per heavy atom. The molecular weight excluding hydrogens is 262 g/mol. The van der Waals surface area contributed by atoms with Crippen LogP contribution in [-0.2, 0) is 6.42 Å². The number of carbonyl (C=O) groups excluding carboxylic acids is 1. The highest BCUT2D eigenvalue weighted by Crippen LogP contribution is 2.30. The van der Waals surface area contributed by atoms with E-state index in [0.29, 0.717) is 5.56 Å². The van der Waals surface area contributed by atoms with Gasteiger partial charge in [0, 0.05) is 0 Å². The number of rotatable bonds is 2. The zero-order chi connectivity index (χ0) is 14.8. The van der Waals surface area contributed by atoms with Crippen molar-refractivity contribution in [3.05, 3.63) is 64.7 Å². The summed E-state index contributed by atoms with van der Waals surface area (Å²) >= 11 is 0. The SMILES string of the molecule is Cc1ccc(O)c(C(=O)NC2CCCc3ccccc32)c1. The van der Waals surface area contributed by atoms with Gasteiger partial charge in [0.05, 0.1) is 11.6 Å². The predicted octanol–water partition coefficient (Wildman–Crippen LogP) is 3.51. The summed E-state index contributed by atoms with van der Waals surface area (Å²) in [6.07, 6.45) is 3.08. The minimum absolute atomic E-state index is 0.0298. The quantitative estimate of drug-likeness (QED) is 0.885. The molecule has 1 aliphatic carbocycles. The van der Waals surface area contributed by atoms with Gasteiger partial charge in [0.15, 0.2) is 0 Å². The third kappa shape index (κ3) is 2.77. The van der Waals surface area contributed by atoms with Crippen LogP contribution < -0.4 is 5.32 Å². The Balaban J connectivity index is 1.84. The number of benzene rings is 2. The number of fused-ring (bicyclic) bond motifs is 1. The number of nitrogens with one attached hydrogen (secondary N) is 1. The molecule has 0 radical (unpaired) electrons. The Labute approximate surface area is 124 Å². The summed E-state index contributed by atoms with van der Waals surface area (Å²) in [7, 11) is 0. The van der Waals surface area contributed by atoms with Crippen molar-refractivity contribution >= 4 is 5.91 Å². The highest BCUT2D eigenvalue weighted by molar-refractivity contribution is 5.97. The van der Waals surface area contributed by atoms with E-state index in [4.69, 9.17) is 0 Å². The van der Waals surface area contributed by atoms with Crippen molar-refractivity contribution in [1.82, 2.24) is 5.32 Å². The molecule has 21 heavy (non-hydrogen) atoms. The second-order valence-corrected chi connectivity index (χ2v) is 5.64. The molecule has 0 bridgehead atoms. The topological polar surface area (TPSA) is 49.3 Å². The summed E-state index contributed by atoms with van der Waals surface area (Å²) in [6, 6.07) is 13.4. The van der Waals surface area contributed by atoms with Gasteiger partial charge < -0.3 is 10.4 Å². The first-order chi connectivity index (χ1) is 10.1. The molecule has 3 rings (SSSR count). The van der Waals surface area contributed by atoms with Gasteiger partial charge in [-0.15, -0.1) is 0 Å². The van der Waals surface area contributed by atoms with Crippen molar-refractivity contribution < 1.29 is 9.90 Å². The van der Waals surface area contributed by atoms with Gasteiger partial charge in [0.25, 0.3) is 5.91 Å². The number of hydrogen-bond acceptors (Lipinski definition) is 2. The minimum Gasteiger partial charge on any atom is -0.507 e. The largest absolute Gasteiger partial charge is 0.507 e. The summed E-state index contributed by atoms with van der Waals surface area (Å²) < 4.78 is 0. The molecule has 2 aromatic rings. The summed E-state index contributed by atoms with van der Waals surface area (Å²) in [5, 5.41) is 12.9. The van der Waals surface area contributed by atoms with Crippen LogP contribution in [0.4, 0.5) is 0 Å². The highest BCUT2D eigenvalue weighted by Gasteiger charge is 2.22. The van der Waals surface area contributed by atoms with Crippen LogP contribution in [0.1, 0.15) is 45.9 Å². The van der Waals surface area contributed by atoms with E-state index in [-0.39, 0.29) is 17.7 Å². The van der Waals surface area contributed by atoms with Crippen molar-refractivity contribution in [2.75, 3.05) is 0 Å². The van der Waals surface area contributed by atoms with Crippen LogP contribution in [0.5, 0.6) is 5.75 Å². The molecular formula is C18H19NO2. The van der Waals surface area contributed by atoms with Crippen LogP contribution in [0.25, 0.3) is 0 Å². The van der Waals surface area contributed by atoms with Crippen LogP contribution >= 0.6 is 0 Å². The van der Waals surface area contributed by atoms with Gasteiger partial charge in [-0.1, -0.05) is 35.9 Å². The third-order valence-corrected chi connectivity index (χ3v) is 4.07. The van der Waals surface area contributed by atoms with Gasteiger partial charge in [-0.3, -0.25) is 4.79 Å². The number of phenolic OH excluding ortho intramolecular Hbond substituents is 1. The molecule has 0 heterocycles. The van der Waals surface area contributed by atoms with Gasteiger partial charge in [0.2, 0.25) is 0 Å². The van der Waals surface area contributed by atoms with Crippen molar-refractivity contribution in [3.63, 3.8) is 0 Å². The maximum absolute atomic E-state index is 12.4. The van der Waals surface area contributed by atoms with E-state index in [0.717, 1.165) is 24.8 Å². The van der Waals surface area contributed by atoms with E-state index >= 15 is 0 Å². The van der Waals surface area contributed by atoms with Gasteiger partial charge >= 0.3 is 0 Å². The number of hydrogen-bond donors (Lipinski definition) is 2. The van der Waals surface area contributed by atoms with Gasteiger partial charge in [-0.2, -0.15) is 0 Å².